The molecule has 4 heteroatoms. The zero-order valence-corrected chi connectivity index (χ0v) is 8.48. The van der Waals surface area contributed by atoms with Crippen LogP contribution in [0, 0.1) is 11.3 Å². The SMILES string of the molecule is N#CCc1cc(Cl)c(N)cc1Br. The number of nitriles is 1. The predicted octanol–water partition coefficient (Wildman–Crippen LogP) is 2.75. The summed E-state index contributed by atoms with van der Waals surface area (Å²) in [5.74, 6) is 0. The largest absolute Gasteiger partial charge is 0.397 e. The zero-order valence-electron chi connectivity index (χ0n) is 6.14. The fraction of sp³-hybridized carbons (Fsp3) is 0.125. The average Bonchev–Trinajstić information content (AvgIpc) is 2.01. The van der Waals surface area contributed by atoms with Gasteiger partial charge in [0.05, 0.1) is 23.2 Å². The zero-order chi connectivity index (χ0) is 9.14. The van der Waals surface area contributed by atoms with Crippen LogP contribution in [0.25, 0.3) is 0 Å². The van der Waals surface area contributed by atoms with Gasteiger partial charge in [0.25, 0.3) is 0 Å². The van der Waals surface area contributed by atoms with Gasteiger partial charge in [0, 0.05) is 4.47 Å². The van der Waals surface area contributed by atoms with Crippen LogP contribution >= 0.6 is 27.5 Å². The van der Waals surface area contributed by atoms with Crippen LogP contribution in [0.3, 0.4) is 0 Å². The lowest BCUT2D eigenvalue weighted by Gasteiger charge is -2.03. The van der Waals surface area contributed by atoms with Crippen LogP contribution in [0.15, 0.2) is 16.6 Å². The molecule has 0 aliphatic heterocycles. The molecule has 1 aromatic rings. The Bertz CT molecular complexity index is 344. The minimum Gasteiger partial charge on any atom is -0.397 e. The van der Waals surface area contributed by atoms with Crippen LogP contribution in [-0.4, -0.2) is 0 Å². The summed E-state index contributed by atoms with van der Waals surface area (Å²) in [5.41, 5.74) is 6.92. The van der Waals surface area contributed by atoms with Gasteiger partial charge in [0.1, 0.15) is 0 Å². The molecule has 1 rings (SSSR count). The molecule has 1 aromatic carbocycles. The third-order valence-corrected chi connectivity index (χ3v) is 2.50. The van der Waals surface area contributed by atoms with Crippen LogP contribution in [0.4, 0.5) is 5.69 Å². The first-order chi connectivity index (χ1) is 5.65. The maximum Gasteiger partial charge on any atom is 0.0670 e. The molecule has 2 nitrogen and oxygen atoms in total. The molecule has 0 radical (unpaired) electrons. The first-order valence-electron chi connectivity index (χ1n) is 3.25. The standard InChI is InChI=1S/C8H6BrClN2/c9-6-4-8(12)7(10)3-5(6)1-2-11/h3-4H,1,12H2. The van der Waals surface area contributed by atoms with E-state index < -0.39 is 0 Å². The molecule has 0 amide bonds. The summed E-state index contributed by atoms with van der Waals surface area (Å²) in [6.07, 6.45) is 0.334. The van der Waals surface area contributed by atoms with Crippen LogP contribution in [-0.2, 0) is 6.42 Å². The highest BCUT2D eigenvalue weighted by molar-refractivity contribution is 9.10. The van der Waals surface area contributed by atoms with E-state index in [-0.39, 0.29) is 0 Å². The molecule has 0 aliphatic carbocycles. The molecule has 0 unspecified atom stereocenters. The Morgan fingerprint density at radius 2 is 2.25 bits per heavy atom. The van der Waals surface area contributed by atoms with Gasteiger partial charge in [-0.25, -0.2) is 0 Å². The van der Waals surface area contributed by atoms with Gasteiger partial charge < -0.3 is 5.73 Å². The molecular weight excluding hydrogens is 239 g/mol. The summed E-state index contributed by atoms with van der Waals surface area (Å²) >= 11 is 9.06. The first-order valence-corrected chi connectivity index (χ1v) is 4.42. The molecule has 0 saturated carbocycles. The molecule has 62 valence electrons. The second kappa shape index (κ2) is 3.79. The molecular formula is C8H6BrClN2. The van der Waals surface area contributed by atoms with E-state index in [0.29, 0.717) is 17.1 Å². The van der Waals surface area contributed by atoms with Crippen molar-refractivity contribution >= 4 is 33.2 Å². The smallest absolute Gasteiger partial charge is 0.0670 e. The molecule has 0 saturated heterocycles. The van der Waals surface area contributed by atoms with Crippen molar-refractivity contribution in [3.63, 3.8) is 0 Å². The summed E-state index contributed by atoms with van der Waals surface area (Å²) in [6.45, 7) is 0. The maximum atomic E-state index is 8.46. The summed E-state index contributed by atoms with van der Waals surface area (Å²) in [7, 11) is 0. The lowest BCUT2D eigenvalue weighted by atomic mass is 10.1. The number of anilines is 1. The monoisotopic (exact) mass is 244 g/mol. The molecule has 0 spiro atoms. The van der Waals surface area contributed by atoms with Crippen molar-refractivity contribution in [1.82, 2.24) is 0 Å². The van der Waals surface area contributed by atoms with Crippen molar-refractivity contribution in [2.45, 2.75) is 6.42 Å². The molecule has 2 N–H and O–H groups in total. The summed E-state index contributed by atoms with van der Waals surface area (Å²) in [4.78, 5) is 0. The van der Waals surface area contributed by atoms with Gasteiger partial charge in [0.15, 0.2) is 0 Å². The third-order valence-electron chi connectivity index (χ3n) is 1.44. The van der Waals surface area contributed by atoms with E-state index in [1.807, 2.05) is 6.07 Å². The first kappa shape index (κ1) is 9.37. The van der Waals surface area contributed by atoms with Gasteiger partial charge in [-0.2, -0.15) is 5.26 Å². The molecule has 0 bridgehead atoms. The Kier molecular flexibility index (Phi) is 2.96. The van der Waals surface area contributed by atoms with Crippen molar-refractivity contribution in [3.8, 4) is 6.07 Å². The summed E-state index contributed by atoms with van der Waals surface area (Å²) in [6, 6.07) is 5.44. The van der Waals surface area contributed by atoms with Crippen LogP contribution in [0.1, 0.15) is 5.56 Å². The Labute approximate surface area is 84.1 Å². The van der Waals surface area contributed by atoms with Crippen molar-refractivity contribution in [1.29, 1.82) is 5.26 Å². The third kappa shape index (κ3) is 1.90. The highest BCUT2D eigenvalue weighted by Gasteiger charge is 2.03. The van der Waals surface area contributed by atoms with E-state index >= 15 is 0 Å². The fourth-order valence-electron chi connectivity index (χ4n) is 0.824. The van der Waals surface area contributed by atoms with E-state index in [1.165, 1.54) is 0 Å². The topological polar surface area (TPSA) is 49.8 Å². The number of hydrogen-bond donors (Lipinski definition) is 1. The molecule has 0 heterocycles. The van der Waals surface area contributed by atoms with Gasteiger partial charge >= 0.3 is 0 Å². The van der Waals surface area contributed by atoms with Gasteiger partial charge in [-0.15, -0.1) is 0 Å². The highest BCUT2D eigenvalue weighted by Crippen LogP contribution is 2.27. The quantitative estimate of drug-likeness (QED) is 0.774. The second-order valence-electron chi connectivity index (χ2n) is 2.30. The number of rotatable bonds is 1. The van der Waals surface area contributed by atoms with E-state index in [0.717, 1.165) is 10.0 Å². The summed E-state index contributed by atoms with van der Waals surface area (Å²) < 4.78 is 0.825. The number of benzene rings is 1. The van der Waals surface area contributed by atoms with E-state index in [2.05, 4.69) is 15.9 Å². The number of nitrogens with zero attached hydrogens (tertiary/aromatic N) is 1. The average molecular weight is 246 g/mol. The van der Waals surface area contributed by atoms with Gasteiger partial charge in [-0.3, -0.25) is 0 Å². The Morgan fingerprint density at radius 3 is 2.83 bits per heavy atom. The van der Waals surface area contributed by atoms with Crippen LogP contribution in [0.5, 0.6) is 0 Å². The molecule has 0 aromatic heterocycles. The van der Waals surface area contributed by atoms with Gasteiger partial charge in [-0.1, -0.05) is 27.5 Å². The lowest BCUT2D eigenvalue weighted by Crippen LogP contribution is -1.90. The number of nitrogen functional groups attached to an aromatic ring is 1. The Morgan fingerprint density at radius 1 is 1.58 bits per heavy atom. The molecule has 0 aliphatic rings. The van der Waals surface area contributed by atoms with Crippen molar-refractivity contribution in [2.75, 3.05) is 5.73 Å². The predicted molar refractivity (Wildman–Crippen MR) is 52.9 cm³/mol. The van der Waals surface area contributed by atoms with E-state index in [1.54, 1.807) is 12.1 Å². The second-order valence-corrected chi connectivity index (χ2v) is 3.56. The van der Waals surface area contributed by atoms with E-state index in [4.69, 9.17) is 22.6 Å². The minimum absolute atomic E-state index is 0.334. The molecule has 0 atom stereocenters. The Balaban J connectivity index is 3.16. The highest BCUT2D eigenvalue weighted by atomic mass is 79.9. The van der Waals surface area contributed by atoms with Gasteiger partial charge in [-0.05, 0) is 17.7 Å². The molecule has 0 fully saturated rings. The maximum absolute atomic E-state index is 8.46. The molecule has 12 heavy (non-hydrogen) atoms. The Hall–Kier alpha value is -0.720. The van der Waals surface area contributed by atoms with Crippen molar-refractivity contribution < 1.29 is 0 Å². The number of hydrogen-bond acceptors (Lipinski definition) is 2. The van der Waals surface area contributed by atoms with Crippen LogP contribution < -0.4 is 5.73 Å². The fourth-order valence-corrected chi connectivity index (χ4v) is 1.51. The normalized spacial score (nSPS) is 9.42. The van der Waals surface area contributed by atoms with Crippen LogP contribution in [0.2, 0.25) is 5.02 Å². The lowest BCUT2D eigenvalue weighted by molar-refractivity contribution is 1.25. The number of nitrogens with two attached hydrogens (primary N) is 1. The minimum atomic E-state index is 0.334. The van der Waals surface area contributed by atoms with Crippen molar-refractivity contribution in [2.24, 2.45) is 0 Å². The van der Waals surface area contributed by atoms with E-state index in [9.17, 15) is 0 Å². The van der Waals surface area contributed by atoms with Gasteiger partial charge in [0.2, 0.25) is 0 Å². The number of halogens is 2. The van der Waals surface area contributed by atoms with Crippen molar-refractivity contribution in [3.05, 3.63) is 27.2 Å². The summed E-state index contributed by atoms with van der Waals surface area (Å²) in [5, 5.41) is 8.95.